The lowest BCUT2D eigenvalue weighted by atomic mass is 10.1. The van der Waals surface area contributed by atoms with Crippen LogP contribution in [0.1, 0.15) is 44.7 Å². The smallest absolute Gasteiger partial charge is 0.0508 e. The molecule has 0 aliphatic heterocycles. The molecule has 1 N–H and O–H groups in total. The molecule has 0 heterocycles. The quantitative estimate of drug-likeness (QED) is 0.801. The Morgan fingerprint density at radius 3 is 2.74 bits per heavy atom. The van der Waals surface area contributed by atoms with E-state index in [1.54, 1.807) is 0 Å². The van der Waals surface area contributed by atoms with E-state index < -0.39 is 0 Å². The molecule has 0 bridgehead atoms. The van der Waals surface area contributed by atoms with Gasteiger partial charge in [0.05, 0.1) is 5.69 Å². The SMILES string of the molecule is CCCNC(C)c1ccc(N(C)CC2CC2)c(Br)c1. The summed E-state index contributed by atoms with van der Waals surface area (Å²) in [6.07, 6.45) is 3.98. The van der Waals surface area contributed by atoms with Gasteiger partial charge < -0.3 is 10.2 Å². The molecule has 0 amide bonds. The molecule has 1 aliphatic rings. The van der Waals surface area contributed by atoms with Gasteiger partial charge in [-0.15, -0.1) is 0 Å². The Kier molecular flexibility index (Phi) is 5.28. The molecular formula is C16H25BrN2. The van der Waals surface area contributed by atoms with E-state index in [2.05, 4.69) is 65.2 Å². The van der Waals surface area contributed by atoms with Crippen molar-refractivity contribution in [2.75, 3.05) is 25.0 Å². The molecule has 1 saturated carbocycles. The van der Waals surface area contributed by atoms with E-state index in [4.69, 9.17) is 0 Å². The molecule has 19 heavy (non-hydrogen) atoms. The van der Waals surface area contributed by atoms with E-state index in [0.717, 1.165) is 12.5 Å². The Balaban J connectivity index is 2.02. The zero-order valence-corrected chi connectivity index (χ0v) is 13.8. The normalized spacial score (nSPS) is 16.4. The molecule has 0 aromatic heterocycles. The summed E-state index contributed by atoms with van der Waals surface area (Å²) >= 11 is 3.73. The fourth-order valence-corrected chi connectivity index (χ4v) is 3.07. The van der Waals surface area contributed by atoms with Crippen molar-refractivity contribution in [1.29, 1.82) is 0 Å². The van der Waals surface area contributed by atoms with Gasteiger partial charge in [0.15, 0.2) is 0 Å². The zero-order valence-electron chi connectivity index (χ0n) is 12.2. The van der Waals surface area contributed by atoms with Crippen LogP contribution in [0.2, 0.25) is 0 Å². The lowest BCUT2D eigenvalue weighted by Gasteiger charge is -2.22. The highest BCUT2D eigenvalue weighted by Crippen LogP contribution is 2.34. The number of nitrogens with one attached hydrogen (secondary N) is 1. The van der Waals surface area contributed by atoms with E-state index in [9.17, 15) is 0 Å². The Morgan fingerprint density at radius 2 is 2.16 bits per heavy atom. The van der Waals surface area contributed by atoms with E-state index in [1.807, 2.05) is 0 Å². The average Bonchev–Trinajstić information content (AvgIpc) is 3.19. The van der Waals surface area contributed by atoms with Crippen molar-refractivity contribution >= 4 is 21.6 Å². The number of rotatable bonds is 7. The maximum Gasteiger partial charge on any atom is 0.0508 e. The van der Waals surface area contributed by atoms with Gasteiger partial charge in [-0.25, -0.2) is 0 Å². The Bertz CT molecular complexity index is 415. The van der Waals surface area contributed by atoms with Crippen molar-refractivity contribution in [3.8, 4) is 0 Å². The van der Waals surface area contributed by atoms with E-state index in [0.29, 0.717) is 6.04 Å². The first-order chi connectivity index (χ1) is 9.11. The number of nitrogens with zero attached hydrogens (tertiary/aromatic N) is 1. The summed E-state index contributed by atoms with van der Waals surface area (Å²) in [4.78, 5) is 2.37. The summed E-state index contributed by atoms with van der Waals surface area (Å²) < 4.78 is 1.21. The van der Waals surface area contributed by atoms with Gasteiger partial charge >= 0.3 is 0 Å². The van der Waals surface area contributed by atoms with Gasteiger partial charge in [0.1, 0.15) is 0 Å². The van der Waals surface area contributed by atoms with Gasteiger partial charge in [-0.05, 0) is 72.3 Å². The topological polar surface area (TPSA) is 15.3 Å². The van der Waals surface area contributed by atoms with Crippen LogP contribution in [0, 0.1) is 5.92 Å². The average molecular weight is 325 g/mol. The molecule has 106 valence electrons. The number of halogens is 1. The van der Waals surface area contributed by atoms with E-state index in [-0.39, 0.29) is 0 Å². The van der Waals surface area contributed by atoms with Gasteiger partial charge in [-0.3, -0.25) is 0 Å². The van der Waals surface area contributed by atoms with Crippen molar-refractivity contribution in [1.82, 2.24) is 5.32 Å². The third-order valence-electron chi connectivity index (χ3n) is 3.81. The number of hydrogen-bond donors (Lipinski definition) is 1. The summed E-state index contributed by atoms with van der Waals surface area (Å²) in [6, 6.07) is 7.16. The van der Waals surface area contributed by atoms with Crippen LogP contribution >= 0.6 is 15.9 Å². The Morgan fingerprint density at radius 1 is 1.42 bits per heavy atom. The Labute approximate surface area is 125 Å². The maximum absolute atomic E-state index is 3.73. The van der Waals surface area contributed by atoms with Crippen molar-refractivity contribution in [2.24, 2.45) is 5.92 Å². The molecule has 1 atom stereocenters. The standard InChI is InChI=1S/C16H25BrN2/c1-4-9-18-12(2)14-7-8-16(15(17)10-14)19(3)11-13-5-6-13/h7-8,10,12-13,18H,4-6,9,11H2,1-3H3. The second kappa shape index (κ2) is 6.76. The van der Waals surface area contributed by atoms with Crippen molar-refractivity contribution in [3.05, 3.63) is 28.2 Å². The Hall–Kier alpha value is -0.540. The van der Waals surface area contributed by atoms with Gasteiger partial charge in [-0.2, -0.15) is 0 Å². The van der Waals surface area contributed by atoms with Crippen LogP contribution in [-0.4, -0.2) is 20.1 Å². The van der Waals surface area contributed by atoms with Crippen LogP contribution in [0.4, 0.5) is 5.69 Å². The van der Waals surface area contributed by atoms with E-state index >= 15 is 0 Å². The molecule has 1 aromatic rings. The molecule has 2 rings (SSSR count). The maximum atomic E-state index is 3.73. The highest BCUT2D eigenvalue weighted by molar-refractivity contribution is 9.10. The number of hydrogen-bond acceptors (Lipinski definition) is 2. The van der Waals surface area contributed by atoms with E-state index in [1.165, 1.54) is 41.5 Å². The monoisotopic (exact) mass is 324 g/mol. The molecule has 1 aliphatic carbocycles. The first-order valence-electron chi connectivity index (χ1n) is 7.35. The van der Waals surface area contributed by atoms with Crippen LogP contribution in [0.5, 0.6) is 0 Å². The van der Waals surface area contributed by atoms with Crippen LogP contribution in [-0.2, 0) is 0 Å². The molecule has 1 fully saturated rings. The van der Waals surface area contributed by atoms with Gasteiger partial charge in [0.25, 0.3) is 0 Å². The second-order valence-corrected chi connectivity index (χ2v) is 6.56. The largest absolute Gasteiger partial charge is 0.373 e. The predicted octanol–water partition coefficient (Wildman–Crippen LogP) is 4.36. The summed E-state index contributed by atoms with van der Waals surface area (Å²) in [7, 11) is 2.19. The van der Waals surface area contributed by atoms with Crippen LogP contribution in [0.25, 0.3) is 0 Å². The molecule has 0 radical (unpaired) electrons. The summed E-state index contributed by atoms with van der Waals surface area (Å²) in [5.74, 6) is 0.918. The molecule has 1 aromatic carbocycles. The summed E-state index contributed by atoms with van der Waals surface area (Å²) in [5.41, 5.74) is 2.65. The first-order valence-corrected chi connectivity index (χ1v) is 8.15. The molecule has 0 spiro atoms. The highest BCUT2D eigenvalue weighted by Gasteiger charge is 2.23. The molecular weight excluding hydrogens is 300 g/mol. The fraction of sp³-hybridized carbons (Fsp3) is 0.625. The van der Waals surface area contributed by atoms with Gasteiger partial charge in [0, 0.05) is 24.1 Å². The first kappa shape index (κ1) is 14.9. The summed E-state index contributed by atoms with van der Waals surface area (Å²) in [6.45, 7) is 6.68. The minimum atomic E-state index is 0.416. The highest BCUT2D eigenvalue weighted by atomic mass is 79.9. The lowest BCUT2D eigenvalue weighted by molar-refractivity contribution is 0.570. The van der Waals surface area contributed by atoms with Crippen LogP contribution in [0.15, 0.2) is 22.7 Å². The van der Waals surface area contributed by atoms with Gasteiger partial charge in [0.2, 0.25) is 0 Å². The third-order valence-corrected chi connectivity index (χ3v) is 4.45. The second-order valence-electron chi connectivity index (χ2n) is 5.71. The minimum absolute atomic E-state index is 0.416. The lowest BCUT2D eigenvalue weighted by Crippen LogP contribution is -2.21. The molecule has 2 nitrogen and oxygen atoms in total. The molecule has 3 heteroatoms. The predicted molar refractivity (Wildman–Crippen MR) is 86.8 cm³/mol. The van der Waals surface area contributed by atoms with Gasteiger partial charge in [-0.1, -0.05) is 13.0 Å². The number of anilines is 1. The zero-order chi connectivity index (χ0) is 13.8. The summed E-state index contributed by atoms with van der Waals surface area (Å²) in [5, 5.41) is 3.53. The van der Waals surface area contributed by atoms with Crippen molar-refractivity contribution in [3.63, 3.8) is 0 Å². The minimum Gasteiger partial charge on any atom is -0.373 e. The van der Waals surface area contributed by atoms with Crippen LogP contribution < -0.4 is 10.2 Å². The fourth-order valence-electron chi connectivity index (χ4n) is 2.37. The molecule has 1 unspecified atom stereocenters. The van der Waals surface area contributed by atoms with Crippen molar-refractivity contribution < 1.29 is 0 Å². The van der Waals surface area contributed by atoms with Crippen molar-refractivity contribution in [2.45, 2.75) is 39.2 Å². The van der Waals surface area contributed by atoms with Crippen LogP contribution in [0.3, 0.4) is 0 Å². The number of benzene rings is 1. The molecule has 0 saturated heterocycles. The third kappa shape index (κ3) is 4.22.